The van der Waals surface area contributed by atoms with Crippen LogP contribution in [0.25, 0.3) is 0 Å². The van der Waals surface area contributed by atoms with E-state index in [4.69, 9.17) is 21.7 Å². The molecule has 0 saturated carbocycles. The Morgan fingerprint density at radius 2 is 1.78 bits per heavy atom. The summed E-state index contributed by atoms with van der Waals surface area (Å²) in [6, 6.07) is -2.76. The first-order chi connectivity index (χ1) is 15.1. The number of aliphatic imine (C=N–C) groups is 1. The second-order valence-electron chi connectivity index (χ2n) is 7.27. The van der Waals surface area contributed by atoms with E-state index in [0.29, 0.717) is 19.4 Å². The van der Waals surface area contributed by atoms with Gasteiger partial charge in [-0.05, 0) is 38.6 Å². The van der Waals surface area contributed by atoms with E-state index in [9.17, 15) is 24.0 Å². The maximum atomic E-state index is 12.6. The smallest absolute Gasteiger partial charge is 0.326 e. The number of hydrogen-bond acceptors (Lipinski definition) is 7. The Labute approximate surface area is 184 Å². The highest BCUT2D eigenvalue weighted by atomic mass is 16.4. The zero-order valence-corrected chi connectivity index (χ0v) is 17.6. The molecular formula is C18H31N7O7. The van der Waals surface area contributed by atoms with E-state index in [1.165, 1.54) is 0 Å². The van der Waals surface area contributed by atoms with Crippen molar-refractivity contribution in [1.29, 1.82) is 0 Å². The van der Waals surface area contributed by atoms with E-state index in [0.717, 1.165) is 6.42 Å². The molecule has 1 aliphatic heterocycles. The van der Waals surface area contributed by atoms with E-state index >= 15 is 0 Å². The van der Waals surface area contributed by atoms with Crippen LogP contribution in [0.3, 0.4) is 0 Å². The molecule has 0 spiro atoms. The van der Waals surface area contributed by atoms with Crippen molar-refractivity contribution in [2.24, 2.45) is 16.5 Å². The van der Waals surface area contributed by atoms with Gasteiger partial charge in [0.2, 0.25) is 17.7 Å². The van der Waals surface area contributed by atoms with E-state index in [1.807, 2.05) is 0 Å². The molecule has 0 aliphatic carbocycles. The SMILES string of the molecule is NC(N)=NCCCC(NC(=O)C1CCCN1)C(=O)NCC(=O)NC(CCC(=O)O)C(=O)O. The molecule has 3 atom stereocenters. The van der Waals surface area contributed by atoms with Crippen molar-refractivity contribution in [2.45, 2.75) is 56.7 Å². The van der Waals surface area contributed by atoms with Crippen LogP contribution in [-0.2, 0) is 24.0 Å². The second-order valence-corrected chi connectivity index (χ2v) is 7.27. The van der Waals surface area contributed by atoms with Crippen molar-refractivity contribution < 1.29 is 34.2 Å². The number of aliphatic carboxylic acids is 2. The van der Waals surface area contributed by atoms with Gasteiger partial charge in [0.05, 0.1) is 12.6 Å². The van der Waals surface area contributed by atoms with Crippen molar-refractivity contribution in [3.63, 3.8) is 0 Å². The Hall–Kier alpha value is -3.42. The molecule has 3 amide bonds. The number of nitrogens with one attached hydrogen (secondary N) is 4. The van der Waals surface area contributed by atoms with Crippen molar-refractivity contribution in [1.82, 2.24) is 21.3 Å². The van der Waals surface area contributed by atoms with Gasteiger partial charge in [-0.15, -0.1) is 0 Å². The Morgan fingerprint density at radius 3 is 2.34 bits per heavy atom. The van der Waals surface area contributed by atoms with Crippen LogP contribution in [0.1, 0.15) is 38.5 Å². The fourth-order valence-electron chi connectivity index (χ4n) is 3.01. The Balaban J connectivity index is 2.62. The number of nitrogens with two attached hydrogens (primary N) is 2. The van der Waals surface area contributed by atoms with Crippen molar-refractivity contribution in [2.75, 3.05) is 19.6 Å². The number of carbonyl (C=O) groups excluding carboxylic acids is 3. The number of nitrogens with zero attached hydrogens (tertiary/aromatic N) is 1. The third-order valence-corrected chi connectivity index (χ3v) is 4.66. The fraction of sp³-hybridized carbons (Fsp3) is 0.667. The Morgan fingerprint density at radius 1 is 1.06 bits per heavy atom. The van der Waals surface area contributed by atoms with Crippen LogP contribution in [0.5, 0.6) is 0 Å². The molecule has 1 saturated heterocycles. The number of carboxylic acid groups (broad SMARTS) is 2. The summed E-state index contributed by atoms with van der Waals surface area (Å²) in [5, 5.41) is 27.9. The fourth-order valence-corrected chi connectivity index (χ4v) is 3.01. The lowest BCUT2D eigenvalue weighted by atomic mass is 10.1. The number of carbonyl (C=O) groups is 5. The van der Waals surface area contributed by atoms with Crippen LogP contribution in [0, 0.1) is 0 Å². The minimum Gasteiger partial charge on any atom is -0.481 e. The zero-order valence-electron chi connectivity index (χ0n) is 17.6. The van der Waals surface area contributed by atoms with Crippen LogP contribution in [0.15, 0.2) is 4.99 Å². The molecular weight excluding hydrogens is 426 g/mol. The molecule has 0 aromatic rings. The molecule has 14 heteroatoms. The van der Waals surface area contributed by atoms with Crippen LogP contribution < -0.4 is 32.7 Å². The summed E-state index contributed by atoms with van der Waals surface area (Å²) in [6.45, 7) is 0.401. The van der Waals surface area contributed by atoms with E-state index in [2.05, 4.69) is 26.3 Å². The topological polar surface area (TPSA) is 238 Å². The summed E-state index contributed by atoms with van der Waals surface area (Å²) in [4.78, 5) is 62.5. The first-order valence-electron chi connectivity index (χ1n) is 10.2. The molecule has 1 rings (SSSR count). The summed E-state index contributed by atoms with van der Waals surface area (Å²) in [7, 11) is 0. The van der Waals surface area contributed by atoms with Crippen LogP contribution >= 0.6 is 0 Å². The normalized spacial score (nSPS) is 16.9. The number of guanidine groups is 1. The highest BCUT2D eigenvalue weighted by molar-refractivity contribution is 5.92. The summed E-state index contributed by atoms with van der Waals surface area (Å²) in [5.41, 5.74) is 10.5. The molecule has 0 radical (unpaired) electrons. The standard InChI is InChI=1S/C18H31N7O7/c19-18(20)22-8-2-4-11(25-16(30)10-3-1-7-21-10)15(29)23-9-13(26)24-12(17(31)32)5-6-14(27)28/h10-12,21H,1-9H2,(H,23,29)(H,24,26)(H,25,30)(H,27,28)(H,31,32)(H4,19,20,22). The van der Waals surface area contributed by atoms with Crippen LogP contribution in [0.4, 0.5) is 0 Å². The highest BCUT2D eigenvalue weighted by Gasteiger charge is 2.28. The number of hydrogen-bond donors (Lipinski definition) is 8. The highest BCUT2D eigenvalue weighted by Crippen LogP contribution is 2.07. The summed E-state index contributed by atoms with van der Waals surface area (Å²) in [6.07, 6.45) is 1.33. The summed E-state index contributed by atoms with van der Waals surface area (Å²) < 4.78 is 0. The average Bonchev–Trinajstić information content (AvgIpc) is 3.25. The molecule has 10 N–H and O–H groups in total. The predicted octanol–water partition coefficient (Wildman–Crippen LogP) is -3.17. The minimum atomic E-state index is -1.40. The molecule has 0 bridgehead atoms. The number of carboxylic acids is 2. The van der Waals surface area contributed by atoms with Crippen molar-refractivity contribution >= 4 is 35.6 Å². The molecule has 32 heavy (non-hydrogen) atoms. The largest absolute Gasteiger partial charge is 0.481 e. The van der Waals surface area contributed by atoms with Gasteiger partial charge in [-0.2, -0.15) is 0 Å². The predicted molar refractivity (Wildman–Crippen MR) is 112 cm³/mol. The maximum Gasteiger partial charge on any atom is 0.326 e. The first-order valence-corrected chi connectivity index (χ1v) is 10.2. The lowest BCUT2D eigenvalue weighted by Crippen LogP contribution is -2.53. The van der Waals surface area contributed by atoms with Gasteiger partial charge in [-0.1, -0.05) is 0 Å². The number of amides is 3. The first kappa shape index (κ1) is 26.6. The van der Waals surface area contributed by atoms with Gasteiger partial charge < -0.3 is 42.9 Å². The zero-order chi connectivity index (χ0) is 24.1. The van der Waals surface area contributed by atoms with Gasteiger partial charge in [-0.3, -0.25) is 24.2 Å². The lowest BCUT2D eigenvalue weighted by molar-refractivity contribution is -0.143. The molecule has 1 heterocycles. The maximum absolute atomic E-state index is 12.6. The van der Waals surface area contributed by atoms with Gasteiger partial charge >= 0.3 is 11.9 Å². The van der Waals surface area contributed by atoms with Gasteiger partial charge in [0.15, 0.2) is 5.96 Å². The van der Waals surface area contributed by atoms with Gasteiger partial charge in [0.25, 0.3) is 0 Å². The van der Waals surface area contributed by atoms with E-state index < -0.39 is 54.8 Å². The summed E-state index contributed by atoms with van der Waals surface area (Å²) in [5.74, 6) is -4.46. The molecule has 180 valence electrons. The van der Waals surface area contributed by atoms with Gasteiger partial charge in [0.1, 0.15) is 12.1 Å². The molecule has 1 fully saturated rings. The van der Waals surface area contributed by atoms with E-state index in [1.54, 1.807) is 0 Å². The third-order valence-electron chi connectivity index (χ3n) is 4.66. The average molecular weight is 457 g/mol. The van der Waals surface area contributed by atoms with Gasteiger partial charge in [0, 0.05) is 13.0 Å². The molecule has 14 nitrogen and oxygen atoms in total. The van der Waals surface area contributed by atoms with E-state index in [-0.39, 0.29) is 31.3 Å². The molecule has 0 aromatic carbocycles. The monoisotopic (exact) mass is 457 g/mol. The molecule has 0 aromatic heterocycles. The lowest BCUT2D eigenvalue weighted by Gasteiger charge is -2.21. The molecule has 1 aliphatic rings. The van der Waals surface area contributed by atoms with Crippen molar-refractivity contribution in [3.8, 4) is 0 Å². The minimum absolute atomic E-state index is 0.0993. The quantitative estimate of drug-likeness (QED) is 0.0739. The summed E-state index contributed by atoms with van der Waals surface area (Å²) >= 11 is 0. The Bertz CT molecular complexity index is 718. The molecule has 3 unspecified atom stereocenters. The van der Waals surface area contributed by atoms with Crippen LogP contribution in [0.2, 0.25) is 0 Å². The van der Waals surface area contributed by atoms with Crippen molar-refractivity contribution in [3.05, 3.63) is 0 Å². The third kappa shape index (κ3) is 10.6. The van der Waals surface area contributed by atoms with Gasteiger partial charge in [-0.25, -0.2) is 4.79 Å². The van der Waals surface area contributed by atoms with Crippen LogP contribution in [-0.4, -0.2) is 83.6 Å². The number of rotatable bonds is 14. The Kier molecular flexibility index (Phi) is 11.5. The second kappa shape index (κ2) is 13.8.